The van der Waals surface area contributed by atoms with E-state index >= 15 is 0 Å². The number of hydrogen-bond acceptors (Lipinski definition) is 10. The Morgan fingerprint density at radius 2 is 0.318 bits per heavy atom. The third-order valence-electron chi connectivity index (χ3n) is 22.6. The Balaban J connectivity index is 8.28. The van der Waals surface area contributed by atoms with Crippen LogP contribution in [0.25, 0.3) is 0 Å². The van der Waals surface area contributed by atoms with Gasteiger partial charge in [0.15, 0.2) is 17.4 Å². The monoisotopic (exact) mass is 1740 g/mol. The van der Waals surface area contributed by atoms with Gasteiger partial charge in [-0.25, -0.2) is 0 Å². The normalized spacial score (nSPS) is 16.0. The van der Waals surface area contributed by atoms with Gasteiger partial charge in [-0.1, -0.05) is 427 Å². The molecule has 21 heteroatoms. The van der Waals surface area contributed by atoms with Gasteiger partial charge in [-0.05, 0) is 148 Å². The molecule has 0 bridgehead atoms. The maximum atomic E-state index is 8.49. The molecular weight excluding hydrogens is 1540 g/mol. The van der Waals surface area contributed by atoms with E-state index < -0.39 is 94.4 Å². The second kappa shape index (κ2) is 67.5. The van der Waals surface area contributed by atoms with Crippen LogP contribution < -0.4 is 0 Å². The quantitative estimate of drug-likeness (QED) is 0.0433. The summed E-state index contributed by atoms with van der Waals surface area (Å²) < 4.78 is 77.9. The molecule has 110 heavy (non-hydrogen) atoms. The summed E-state index contributed by atoms with van der Waals surface area (Å²) in [5.74, 6) is 0. The van der Waals surface area contributed by atoms with E-state index in [-0.39, 0.29) is 0 Å². The third kappa shape index (κ3) is 68.6. The zero-order chi connectivity index (χ0) is 82.3. The predicted octanol–water partition coefficient (Wildman–Crippen LogP) is 34.0. The predicted molar refractivity (Wildman–Crippen MR) is 515 cm³/mol. The van der Waals surface area contributed by atoms with E-state index in [1.165, 1.54) is 366 Å². The van der Waals surface area contributed by atoms with Gasteiger partial charge in [-0.15, -0.1) is 0 Å². The van der Waals surface area contributed by atoms with Crippen LogP contribution in [0.1, 0.15) is 427 Å². The summed E-state index contributed by atoms with van der Waals surface area (Å²) >= 11 is 0. The van der Waals surface area contributed by atoms with Crippen LogP contribution in [0.5, 0.6) is 0 Å². The van der Waals surface area contributed by atoms with Gasteiger partial charge in [0, 0.05) is 0 Å². The van der Waals surface area contributed by atoms with Crippen molar-refractivity contribution in [2.24, 2.45) is 0 Å². The summed E-state index contributed by atoms with van der Waals surface area (Å²) in [7, 11) is -29.4. The van der Waals surface area contributed by atoms with Gasteiger partial charge < -0.3 is 41.2 Å². The first-order valence-corrected chi connectivity index (χ1v) is 78.8. The maximum Gasteiger partial charge on any atom is 0.317 e. The highest BCUT2D eigenvalue weighted by Crippen LogP contribution is 2.40. The first kappa shape index (κ1) is 112. The molecule has 0 aliphatic carbocycles. The third-order valence-corrected chi connectivity index (χ3v) is 67.4. The minimum absolute atomic E-state index is 0.931. The second-order valence-electron chi connectivity index (χ2n) is 38.9. The summed E-state index contributed by atoms with van der Waals surface area (Å²) in [4.78, 5) is 0. The van der Waals surface area contributed by atoms with E-state index in [1.807, 2.05) is 0 Å². The molecule has 0 heterocycles. The molecule has 0 saturated heterocycles. The largest absolute Gasteiger partial charge is 0.439 e. The average molecular weight is 1740 g/mol. The lowest BCUT2D eigenvalue weighted by atomic mass is 10.1. The van der Waals surface area contributed by atoms with E-state index in [0.717, 1.165) is 55.9 Å². The van der Waals surface area contributed by atoms with Crippen molar-refractivity contribution in [3.8, 4) is 0 Å². The molecule has 0 N–H and O–H groups in total. The highest BCUT2D eigenvalue weighted by atomic mass is 28.5. The Hall–Kier alpha value is 1.99. The lowest BCUT2D eigenvalue weighted by molar-refractivity contribution is 0.242. The van der Waals surface area contributed by atoms with Crippen LogP contribution in [0.15, 0.2) is 0 Å². The van der Waals surface area contributed by atoms with Crippen LogP contribution in [0.2, 0.25) is 148 Å². The molecule has 0 fully saturated rings. The molecule has 0 aromatic carbocycles. The molecule has 6 unspecified atom stereocenters. The van der Waals surface area contributed by atoms with Crippen LogP contribution >= 0.6 is 0 Å². The Bertz CT molecular complexity index is 2050. The van der Waals surface area contributed by atoms with Crippen LogP contribution in [0, 0.1) is 0 Å². The number of unbranched alkanes of at least 4 members (excludes halogenated alkanes) is 54. The van der Waals surface area contributed by atoms with E-state index in [1.54, 1.807) is 0 Å². The molecule has 0 saturated carbocycles. The van der Waals surface area contributed by atoms with Crippen molar-refractivity contribution in [3.05, 3.63) is 0 Å². The number of rotatable bonds is 86. The van der Waals surface area contributed by atoms with E-state index in [4.69, 9.17) is 41.2 Å². The van der Waals surface area contributed by atoms with Gasteiger partial charge in [0.05, 0.1) is 0 Å². The van der Waals surface area contributed by atoms with E-state index in [2.05, 4.69) is 153 Å². The van der Waals surface area contributed by atoms with Gasteiger partial charge in [-0.3, -0.25) is 0 Å². The summed E-state index contributed by atoms with van der Waals surface area (Å²) in [6.45, 7) is 53.6. The molecule has 0 aromatic heterocycles. The zero-order valence-corrected chi connectivity index (χ0v) is 90.5. The van der Waals surface area contributed by atoms with Crippen molar-refractivity contribution in [3.63, 3.8) is 0 Å². The van der Waals surface area contributed by atoms with Gasteiger partial charge in [-0.2, -0.15) is 0 Å². The lowest BCUT2D eigenvalue weighted by Crippen LogP contribution is -2.64. The molecule has 6 atom stereocenters. The Kier molecular flexibility index (Phi) is 68.8. The van der Waals surface area contributed by atoms with Gasteiger partial charge in [0.25, 0.3) is 0 Å². The van der Waals surface area contributed by atoms with Crippen LogP contribution in [0.4, 0.5) is 0 Å². The van der Waals surface area contributed by atoms with E-state index in [0.29, 0.717) is 0 Å². The fourth-order valence-electron chi connectivity index (χ4n) is 17.6. The zero-order valence-electron chi connectivity index (χ0n) is 79.3. The van der Waals surface area contributed by atoms with Crippen LogP contribution in [-0.2, 0) is 41.2 Å². The fourth-order valence-corrected chi connectivity index (χ4v) is 74.8. The molecule has 0 spiro atoms. The molecule has 662 valence electrons. The minimum atomic E-state index is -3.13. The molecule has 0 amide bonds. The smallest absolute Gasteiger partial charge is 0.317 e. The highest BCUT2D eigenvalue weighted by Gasteiger charge is 2.55. The minimum Gasteiger partial charge on any atom is -0.439 e. The number of hydrogen-bond donors (Lipinski definition) is 0. The summed E-state index contributed by atoms with van der Waals surface area (Å²) in [6, 6.07) is 6.18. The SMILES string of the molecule is CCCCCCCCCCCC[SiH](C)O[Si](C)(CCCCCCCCCCCC)O[Si](C)(CCCCCCCCCCCC)O[Si](C)(CCCCCCCCCCCC)O[Si](C)(CCCCCCCCCCCC)O[Si](C)(CCCCCCCCCCCC)O[Si](C)(C)O[Si](C)(C)O[Si](C)(C)O[Si](C)(C)O[Si](C)(C)C. The van der Waals surface area contributed by atoms with Crippen LogP contribution in [-0.4, -0.2) is 94.4 Å². The summed E-state index contributed by atoms with van der Waals surface area (Å²) in [5.41, 5.74) is 0. The Morgan fingerprint density at radius 3 is 0.527 bits per heavy atom. The maximum absolute atomic E-state index is 8.49. The van der Waals surface area contributed by atoms with Crippen molar-refractivity contribution in [1.29, 1.82) is 0 Å². The molecule has 0 radical (unpaired) electrons. The van der Waals surface area contributed by atoms with E-state index in [9.17, 15) is 0 Å². The molecule has 0 rings (SSSR count). The molecule has 0 aromatic rings. The molecule has 0 aliphatic rings. The molecule has 10 nitrogen and oxygen atoms in total. The fraction of sp³-hybridized carbons (Fsp3) is 1.00. The van der Waals surface area contributed by atoms with Crippen LogP contribution in [0.3, 0.4) is 0 Å². The first-order valence-electron chi connectivity index (χ1n) is 49.1. The summed E-state index contributed by atoms with van der Waals surface area (Å²) in [5, 5.41) is 0. The van der Waals surface area contributed by atoms with Gasteiger partial charge in [0.2, 0.25) is 0 Å². The Morgan fingerprint density at radius 1 is 0.164 bits per heavy atom. The summed E-state index contributed by atoms with van der Waals surface area (Å²) in [6.07, 6.45) is 79.4. The van der Waals surface area contributed by atoms with Gasteiger partial charge >= 0.3 is 77.0 Å². The molecular formula is C89H202O10Si11. The average Bonchev–Trinajstić information content (AvgIpc) is 0.783. The van der Waals surface area contributed by atoms with Crippen molar-refractivity contribution >= 4 is 94.4 Å². The second-order valence-corrected chi connectivity index (χ2v) is 78.6. The van der Waals surface area contributed by atoms with Crippen molar-refractivity contribution < 1.29 is 41.2 Å². The highest BCUT2D eigenvalue weighted by molar-refractivity contribution is 6.94. The molecule has 0 aliphatic heterocycles. The first-order chi connectivity index (χ1) is 52.1. The van der Waals surface area contributed by atoms with Crippen molar-refractivity contribution in [2.75, 3.05) is 0 Å². The van der Waals surface area contributed by atoms with Gasteiger partial charge in [0.1, 0.15) is 0 Å². The topological polar surface area (TPSA) is 92.3 Å². The van der Waals surface area contributed by atoms with Crippen molar-refractivity contribution in [1.82, 2.24) is 0 Å². The van der Waals surface area contributed by atoms with Crippen molar-refractivity contribution in [2.45, 2.75) is 574 Å². The Labute approximate surface area is 704 Å². The lowest BCUT2D eigenvalue weighted by Gasteiger charge is -2.48. The standard InChI is InChI=1S/C89H202O10Si11/c1-24-30-36-42-48-54-60-66-72-78-84-100(7)90-106(19,85-79-73-67-61-55-49-43-37-31-25-2)96-108(21,87-81-75-69-63-57-51-45-39-33-27-4)98-110(23,89-83-77-71-65-59-53-47-41-35-29-6)99-109(22,88-82-76-70-64-58-52-46-40-34-28-5)97-107(20,86-80-74-68-62-56-50-44-38-32-26-3)95-105(17,18)94-104(15,16)93-103(13,14)92-102(11,12)91-101(8,9)10/h100H,24-89H2,1-23H3.